The molecule has 0 spiro atoms. The van der Waals surface area contributed by atoms with Crippen molar-refractivity contribution in [2.24, 2.45) is 0 Å². The molecule has 1 aliphatic rings. The molecule has 0 atom stereocenters. The fourth-order valence-electron chi connectivity index (χ4n) is 3.71. The van der Waals surface area contributed by atoms with Gasteiger partial charge in [-0.25, -0.2) is 13.2 Å². The monoisotopic (exact) mass is 394 g/mol. The van der Waals surface area contributed by atoms with Gasteiger partial charge in [0.1, 0.15) is 11.6 Å². The van der Waals surface area contributed by atoms with Gasteiger partial charge in [0.15, 0.2) is 11.6 Å². The van der Waals surface area contributed by atoms with E-state index in [-0.39, 0.29) is 35.6 Å². The van der Waals surface area contributed by atoms with E-state index in [0.29, 0.717) is 17.9 Å². The van der Waals surface area contributed by atoms with Gasteiger partial charge in [-0.05, 0) is 50.2 Å². The second-order valence-corrected chi connectivity index (χ2v) is 7.07. The fourth-order valence-corrected chi connectivity index (χ4v) is 3.71. The minimum Gasteiger partial charge on any atom is -0.494 e. The Morgan fingerprint density at radius 1 is 0.964 bits per heavy atom. The lowest BCUT2D eigenvalue weighted by Crippen LogP contribution is -2.21. The SMILES string of the molecule is CCOc1ccc(C2CCC(OCc3ccc(CO)c(F)c3F)CC2)c(F)c1. The van der Waals surface area contributed by atoms with E-state index in [2.05, 4.69) is 0 Å². The molecule has 6 heteroatoms. The molecule has 0 unspecified atom stereocenters. The Morgan fingerprint density at radius 2 is 1.64 bits per heavy atom. The van der Waals surface area contributed by atoms with Crippen LogP contribution in [0, 0.1) is 17.5 Å². The van der Waals surface area contributed by atoms with Crippen molar-refractivity contribution in [2.45, 2.75) is 57.8 Å². The molecule has 1 fully saturated rings. The molecule has 0 bridgehead atoms. The van der Waals surface area contributed by atoms with Gasteiger partial charge in [0.2, 0.25) is 0 Å². The first-order chi connectivity index (χ1) is 13.5. The maximum atomic E-state index is 14.4. The highest BCUT2D eigenvalue weighted by Gasteiger charge is 2.25. The van der Waals surface area contributed by atoms with Crippen LogP contribution in [-0.4, -0.2) is 17.8 Å². The second kappa shape index (κ2) is 9.43. The number of benzene rings is 2. The predicted molar refractivity (Wildman–Crippen MR) is 99.6 cm³/mol. The summed E-state index contributed by atoms with van der Waals surface area (Å²) in [5.74, 6) is -1.61. The molecule has 152 valence electrons. The van der Waals surface area contributed by atoms with E-state index in [1.807, 2.05) is 6.92 Å². The number of hydrogen-bond acceptors (Lipinski definition) is 3. The van der Waals surface area contributed by atoms with Crippen LogP contribution in [0.5, 0.6) is 5.75 Å². The molecule has 0 heterocycles. The van der Waals surface area contributed by atoms with Gasteiger partial charge >= 0.3 is 0 Å². The Labute approximate surface area is 163 Å². The molecule has 3 rings (SSSR count). The van der Waals surface area contributed by atoms with Crippen molar-refractivity contribution in [1.82, 2.24) is 0 Å². The zero-order valence-electron chi connectivity index (χ0n) is 15.9. The average molecular weight is 394 g/mol. The van der Waals surface area contributed by atoms with Crippen molar-refractivity contribution in [3.05, 3.63) is 64.5 Å². The van der Waals surface area contributed by atoms with Crippen LogP contribution in [0.2, 0.25) is 0 Å². The highest BCUT2D eigenvalue weighted by atomic mass is 19.2. The summed E-state index contributed by atoms with van der Waals surface area (Å²) >= 11 is 0. The molecule has 0 amide bonds. The van der Waals surface area contributed by atoms with Gasteiger partial charge < -0.3 is 14.6 Å². The summed E-state index contributed by atoms with van der Waals surface area (Å²) in [4.78, 5) is 0. The number of hydrogen-bond donors (Lipinski definition) is 1. The molecule has 28 heavy (non-hydrogen) atoms. The minimum atomic E-state index is -1.03. The topological polar surface area (TPSA) is 38.7 Å². The normalized spacial score (nSPS) is 19.6. The quantitative estimate of drug-likeness (QED) is 0.698. The van der Waals surface area contributed by atoms with Crippen molar-refractivity contribution in [2.75, 3.05) is 6.61 Å². The zero-order valence-corrected chi connectivity index (χ0v) is 15.9. The molecule has 2 aromatic rings. The molecular formula is C22H25F3O3. The molecule has 2 aromatic carbocycles. The first-order valence-corrected chi connectivity index (χ1v) is 9.63. The number of halogens is 3. The smallest absolute Gasteiger partial charge is 0.164 e. The Morgan fingerprint density at radius 3 is 2.29 bits per heavy atom. The molecule has 3 nitrogen and oxygen atoms in total. The Balaban J connectivity index is 1.54. The lowest BCUT2D eigenvalue weighted by Gasteiger charge is -2.29. The van der Waals surface area contributed by atoms with Gasteiger partial charge in [0.05, 0.1) is 25.9 Å². The summed E-state index contributed by atoms with van der Waals surface area (Å²) in [7, 11) is 0. The Hall–Kier alpha value is -2.05. The summed E-state index contributed by atoms with van der Waals surface area (Å²) in [6.45, 7) is 1.78. The first-order valence-electron chi connectivity index (χ1n) is 9.63. The lowest BCUT2D eigenvalue weighted by atomic mass is 9.82. The van der Waals surface area contributed by atoms with Gasteiger partial charge in [0.25, 0.3) is 0 Å². The second-order valence-electron chi connectivity index (χ2n) is 7.07. The molecule has 0 aromatic heterocycles. The lowest BCUT2D eigenvalue weighted by molar-refractivity contribution is 0.0116. The third-order valence-electron chi connectivity index (χ3n) is 5.28. The summed E-state index contributed by atoms with van der Waals surface area (Å²) in [5, 5.41) is 8.98. The number of aliphatic hydroxyl groups excluding tert-OH is 1. The zero-order chi connectivity index (χ0) is 20.1. The van der Waals surface area contributed by atoms with Crippen LogP contribution < -0.4 is 4.74 Å². The minimum absolute atomic E-state index is 0.0266. The van der Waals surface area contributed by atoms with Crippen LogP contribution >= 0.6 is 0 Å². The van der Waals surface area contributed by atoms with E-state index in [1.54, 1.807) is 12.1 Å². The van der Waals surface area contributed by atoms with Gasteiger partial charge in [-0.15, -0.1) is 0 Å². The number of ether oxygens (including phenoxy) is 2. The van der Waals surface area contributed by atoms with Gasteiger partial charge in [-0.1, -0.05) is 18.2 Å². The standard InChI is InChI=1S/C22H25F3O3/c1-2-27-18-9-10-19(20(23)11-18)14-5-7-17(8-6-14)28-13-16-4-3-15(12-26)21(24)22(16)25/h3-4,9-11,14,17,26H,2,5-8,12-13H2,1H3. The first kappa shape index (κ1) is 20.7. The van der Waals surface area contributed by atoms with Crippen molar-refractivity contribution in [1.29, 1.82) is 0 Å². The Bertz CT molecular complexity index is 802. The van der Waals surface area contributed by atoms with Crippen LogP contribution in [0.4, 0.5) is 13.2 Å². The summed E-state index contributed by atoms with van der Waals surface area (Å²) in [6, 6.07) is 7.80. The number of rotatable bonds is 7. The largest absolute Gasteiger partial charge is 0.494 e. The third-order valence-corrected chi connectivity index (χ3v) is 5.28. The summed E-state index contributed by atoms with van der Waals surface area (Å²) in [5.41, 5.74) is 0.753. The maximum Gasteiger partial charge on any atom is 0.164 e. The molecule has 1 saturated carbocycles. The summed E-state index contributed by atoms with van der Waals surface area (Å²) in [6.07, 6.45) is 2.94. The third kappa shape index (κ3) is 4.67. The van der Waals surface area contributed by atoms with Crippen molar-refractivity contribution in [3.63, 3.8) is 0 Å². The highest BCUT2D eigenvalue weighted by molar-refractivity contribution is 5.31. The molecule has 0 aliphatic heterocycles. The van der Waals surface area contributed by atoms with Crippen LogP contribution in [0.1, 0.15) is 55.2 Å². The van der Waals surface area contributed by atoms with Gasteiger partial charge in [-0.2, -0.15) is 0 Å². The highest BCUT2D eigenvalue weighted by Crippen LogP contribution is 2.36. The van der Waals surface area contributed by atoms with E-state index in [4.69, 9.17) is 14.6 Å². The molecular weight excluding hydrogens is 369 g/mol. The molecule has 0 saturated heterocycles. The average Bonchev–Trinajstić information content (AvgIpc) is 2.70. The maximum absolute atomic E-state index is 14.4. The van der Waals surface area contributed by atoms with Crippen LogP contribution in [-0.2, 0) is 18.0 Å². The van der Waals surface area contributed by atoms with E-state index in [9.17, 15) is 13.2 Å². The molecule has 1 N–H and O–H groups in total. The van der Waals surface area contributed by atoms with Crippen LogP contribution in [0.3, 0.4) is 0 Å². The van der Waals surface area contributed by atoms with Crippen molar-refractivity contribution >= 4 is 0 Å². The van der Waals surface area contributed by atoms with Gasteiger partial charge in [-0.3, -0.25) is 0 Å². The number of aliphatic hydroxyl groups is 1. The Kier molecular flexibility index (Phi) is 6.97. The van der Waals surface area contributed by atoms with Crippen molar-refractivity contribution in [3.8, 4) is 5.75 Å². The van der Waals surface area contributed by atoms with E-state index in [1.165, 1.54) is 18.2 Å². The molecule has 1 aliphatic carbocycles. The van der Waals surface area contributed by atoms with E-state index < -0.39 is 18.2 Å². The fraction of sp³-hybridized carbons (Fsp3) is 0.455. The summed E-state index contributed by atoms with van der Waals surface area (Å²) < 4.78 is 53.2. The van der Waals surface area contributed by atoms with E-state index in [0.717, 1.165) is 25.7 Å². The van der Waals surface area contributed by atoms with Crippen LogP contribution in [0.25, 0.3) is 0 Å². The van der Waals surface area contributed by atoms with E-state index >= 15 is 0 Å². The molecule has 0 radical (unpaired) electrons. The predicted octanol–water partition coefficient (Wildman–Crippen LogP) is 5.24. The van der Waals surface area contributed by atoms with Crippen molar-refractivity contribution < 1.29 is 27.8 Å². The van der Waals surface area contributed by atoms with Crippen LogP contribution in [0.15, 0.2) is 30.3 Å². The van der Waals surface area contributed by atoms with Gasteiger partial charge in [0, 0.05) is 17.2 Å².